The van der Waals surface area contributed by atoms with E-state index >= 15 is 0 Å². The van der Waals surface area contributed by atoms with Crippen molar-refractivity contribution in [2.75, 3.05) is 26.2 Å². The predicted molar refractivity (Wildman–Crippen MR) is 102 cm³/mol. The molecular weight excluding hydrogens is 359 g/mol. The molecule has 0 spiro atoms. The first-order chi connectivity index (χ1) is 12.0. The Bertz CT molecular complexity index is 584. The van der Waals surface area contributed by atoms with Gasteiger partial charge < -0.3 is 16.0 Å². The Morgan fingerprint density at radius 2 is 1.80 bits per heavy atom. The fraction of sp³-hybridized carbons (Fsp3) is 0.611. The number of nitrogens with one attached hydrogen (secondary N) is 1. The summed E-state index contributed by atoms with van der Waals surface area (Å²) < 4.78 is 0. The summed E-state index contributed by atoms with van der Waals surface area (Å²) in [6, 6.07) is 6.06. The molecule has 0 radical (unpaired) electrons. The van der Waals surface area contributed by atoms with Crippen molar-refractivity contribution in [1.29, 1.82) is 0 Å². The minimum absolute atomic E-state index is 0.0372. The zero-order chi connectivity index (χ0) is 17.8. The molecular formula is C18H26Cl2N4O. The monoisotopic (exact) mass is 384 g/mol. The van der Waals surface area contributed by atoms with Crippen molar-refractivity contribution in [3.63, 3.8) is 0 Å². The van der Waals surface area contributed by atoms with Gasteiger partial charge in [-0.15, -0.1) is 0 Å². The first-order valence-corrected chi connectivity index (χ1v) is 9.73. The molecule has 5 nitrogen and oxygen atoms in total. The first kappa shape index (κ1) is 18.8. The highest BCUT2D eigenvalue weighted by atomic mass is 35.5. The van der Waals surface area contributed by atoms with Gasteiger partial charge in [-0.1, -0.05) is 23.2 Å². The van der Waals surface area contributed by atoms with Gasteiger partial charge in [-0.25, -0.2) is 4.79 Å². The minimum Gasteiger partial charge on any atom is -0.335 e. The van der Waals surface area contributed by atoms with Crippen LogP contribution in [0.1, 0.15) is 31.2 Å². The van der Waals surface area contributed by atoms with Gasteiger partial charge in [0.1, 0.15) is 0 Å². The number of hydrogen-bond donors (Lipinski definition) is 2. The number of rotatable bonds is 3. The van der Waals surface area contributed by atoms with E-state index in [2.05, 4.69) is 10.2 Å². The molecule has 2 amide bonds. The third-order valence-corrected chi connectivity index (χ3v) is 5.43. The van der Waals surface area contributed by atoms with Gasteiger partial charge in [0.15, 0.2) is 0 Å². The number of benzene rings is 1. The number of carbonyl (C=O) groups excluding carboxylic acids is 1. The van der Waals surface area contributed by atoms with Gasteiger partial charge in [-0.3, -0.25) is 4.90 Å². The van der Waals surface area contributed by atoms with E-state index in [4.69, 9.17) is 28.9 Å². The molecule has 0 aromatic heterocycles. The second-order valence-corrected chi connectivity index (χ2v) is 8.00. The van der Waals surface area contributed by atoms with Crippen LogP contribution in [0.25, 0.3) is 0 Å². The van der Waals surface area contributed by atoms with Gasteiger partial charge in [0.05, 0.1) is 0 Å². The van der Waals surface area contributed by atoms with E-state index in [0.717, 1.165) is 57.4 Å². The molecule has 1 aromatic carbocycles. The van der Waals surface area contributed by atoms with Crippen LogP contribution in [0.4, 0.5) is 4.79 Å². The zero-order valence-electron chi connectivity index (χ0n) is 14.4. The number of piperidine rings is 2. The van der Waals surface area contributed by atoms with E-state index in [-0.39, 0.29) is 18.1 Å². The molecule has 2 saturated heterocycles. The van der Waals surface area contributed by atoms with Crippen molar-refractivity contribution in [3.8, 4) is 0 Å². The van der Waals surface area contributed by atoms with Crippen molar-refractivity contribution in [1.82, 2.24) is 15.1 Å². The number of hydrogen-bond acceptors (Lipinski definition) is 3. The summed E-state index contributed by atoms with van der Waals surface area (Å²) >= 11 is 12.1. The fourth-order valence-electron chi connectivity index (χ4n) is 3.66. The van der Waals surface area contributed by atoms with E-state index in [1.165, 1.54) is 0 Å². The minimum atomic E-state index is 0.0372. The van der Waals surface area contributed by atoms with Crippen LogP contribution in [0.15, 0.2) is 18.2 Å². The van der Waals surface area contributed by atoms with E-state index in [1.807, 2.05) is 17.0 Å². The molecule has 25 heavy (non-hydrogen) atoms. The second kappa shape index (κ2) is 8.58. The summed E-state index contributed by atoms with van der Waals surface area (Å²) in [5.41, 5.74) is 7.09. The molecule has 2 fully saturated rings. The second-order valence-electron chi connectivity index (χ2n) is 7.13. The molecule has 0 bridgehead atoms. The van der Waals surface area contributed by atoms with Gasteiger partial charge in [0.25, 0.3) is 0 Å². The average molecular weight is 385 g/mol. The lowest BCUT2D eigenvalue weighted by Crippen LogP contribution is -2.53. The third kappa shape index (κ3) is 5.48. The quantitative estimate of drug-likeness (QED) is 0.841. The van der Waals surface area contributed by atoms with Gasteiger partial charge in [-0.2, -0.15) is 0 Å². The number of amides is 2. The molecule has 138 valence electrons. The largest absolute Gasteiger partial charge is 0.335 e. The average Bonchev–Trinajstić information content (AvgIpc) is 2.56. The fourth-order valence-corrected chi connectivity index (χ4v) is 4.23. The maximum absolute atomic E-state index is 12.4. The molecule has 3 N–H and O–H groups in total. The Labute approximate surface area is 159 Å². The van der Waals surface area contributed by atoms with Gasteiger partial charge in [0, 0.05) is 54.9 Å². The molecule has 7 heteroatoms. The van der Waals surface area contributed by atoms with E-state index in [0.29, 0.717) is 16.6 Å². The lowest BCUT2D eigenvalue weighted by Gasteiger charge is -2.35. The number of nitrogens with two attached hydrogens (primary N) is 1. The van der Waals surface area contributed by atoms with Crippen LogP contribution < -0.4 is 11.1 Å². The van der Waals surface area contributed by atoms with Crippen LogP contribution in [0.5, 0.6) is 0 Å². The Morgan fingerprint density at radius 1 is 1.12 bits per heavy atom. The van der Waals surface area contributed by atoms with E-state index < -0.39 is 0 Å². The van der Waals surface area contributed by atoms with E-state index in [1.54, 1.807) is 6.07 Å². The SMILES string of the molecule is N[C@@H]1CCCN(C(=O)NC2CCN(Cc3cc(Cl)cc(Cl)c3)CC2)C1. The summed E-state index contributed by atoms with van der Waals surface area (Å²) in [7, 11) is 0. The van der Waals surface area contributed by atoms with Crippen LogP contribution in [-0.2, 0) is 6.54 Å². The number of nitrogens with zero attached hydrogens (tertiary/aromatic N) is 2. The van der Waals surface area contributed by atoms with Crippen LogP contribution in [0.3, 0.4) is 0 Å². The van der Waals surface area contributed by atoms with E-state index in [9.17, 15) is 4.79 Å². The Hall–Kier alpha value is -1.01. The van der Waals surface area contributed by atoms with Crippen molar-refractivity contribution in [3.05, 3.63) is 33.8 Å². The zero-order valence-corrected chi connectivity index (χ0v) is 15.9. The molecule has 3 rings (SSSR count). The normalized spacial score (nSPS) is 22.8. The van der Waals surface area contributed by atoms with Crippen LogP contribution >= 0.6 is 23.2 Å². The number of carbonyl (C=O) groups is 1. The summed E-state index contributed by atoms with van der Waals surface area (Å²) in [6.45, 7) is 4.22. The first-order valence-electron chi connectivity index (χ1n) is 8.98. The Balaban J connectivity index is 1.44. The standard InChI is InChI=1S/C18H26Cl2N4O/c19-14-8-13(9-15(20)10-14)11-23-6-3-17(4-7-23)22-18(25)24-5-1-2-16(21)12-24/h8-10,16-17H,1-7,11-12,21H2,(H,22,25)/t16-/m1/s1. The van der Waals surface area contributed by atoms with Crippen molar-refractivity contribution in [2.24, 2.45) is 5.73 Å². The summed E-state index contributed by atoms with van der Waals surface area (Å²) in [5, 5.41) is 4.52. The molecule has 2 heterocycles. The molecule has 0 saturated carbocycles. The van der Waals surface area contributed by atoms with Crippen LogP contribution in [-0.4, -0.2) is 54.1 Å². The molecule has 2 aliphatic rings. The molecule has 1 atom stereocenters. The van der Waals surface area contributed by atoms with Crippen molar-refractivity contribution < 1.29 is 4.79 Å². The van der Waals surface area contributed by atoms with Crippen LogP contribution in [0, 0.1) is 0 Å². The van der Waals surface area contributed by atoms with Crippen molar-refractivity contribution in [2.45, 2.75) is 44.3 Å². The molecule has 1 aromatic rings. The topological polar surface area (TPSA) is 61.6 Å². The molecule has 2 aliphatic heterocycles. The highest BCUT2D eigenvalue weighted by Crippen LogP contribution is 2.21. The number of urea groups is 1. The Kier molecular flexibility index (Phi) is 6.44. The summed E-state index contributed by atoms with van der Waals surface area (Å²) in [4.78, 5) is 16.6. The lowest BCUT2D eigenvalue weighted by atomic mass is 10.0. The molecule has 0 unspecified atom stereocenters. The summed E-state index contributed by atoms with van der Waals surface area (Å²) in [6.07, 6.45) is 3.92. The summed E-state index contributed by atoms with van der Waals surface area (Å²) in [5.74, 6) is 0. The van der Waals surface area contributed by atoms with Gasteiger partial charge in [0.2, 0.25) is 0 Å². The lowest BCUT2D eigenvalue weighted by molar-refractivity contribution is 0.159. The maximum Gasteiger partial charge on any atom is 0.317 e. The number of likely N-dealkylation sites (tertiary alicyclic amines) is 2. The smallest absolute Gasteiger partial charge is 0.317 e. The Morgan fingerprint density at radius 3 is 2.44 bits per heavy atom. The van der Waals surface area contributed by atoms with Gasteiger partial charge >= 0.3 is 6.03 Å². The highest BCUT2D eigenvalue weighted by molar-refractivity contribution is 6.34. The van der Waals surface area contributed by atoms with Crippen LogP contribution in [0.2, 0.25) is 10.0 Å². The predicted octanol–water partition coefficient (Wildman–Crippen LogP) is 3.09. The number of halogens is 2. The van der Waals surface area contributed by atoms with Gasteiger partial charge in [-0.05, 0) is 49.4 Å². The maximum atomic E-state index is 12.4. The molecule has 0 aliphatic carbocycles. The highest BCUT2D eigenvalue weighted by Gasteiger charge is 2.25. The third-order valence-electron chi connectivity index (χ3n) is 4.99. The van der Waals surface area contributed by atoms with Crippen molar-refractivity contribution >= 4 is 29.2 Å².